The van der Waals surface area contributed by atoms with Gasteiger partial charge in [-0.25, -0.2) is 0 Å². The van der Waals surface area contributed by atoms with Crippen molar-refractivity contribution in [3.8, 4) is 22.3 Å². The molecule has 0 N–H and O–H groups in total. The van der Waals surface area contributed by atoms with Crippen LogP contribution in [0.3, 0.4) is 0 Å². The van der Waals surface area contributed by atoms with Crippen molar-refractivity contribution in [3.05, 3.63) is 175 Å². The zero-order valence-corrected chi connectivity index (χ0v) is 28.9. The number of furan rings is 2. The van der Waals surface area contributed by atoms with Crippen LogP contribution in [-0.4, -0.2) is 0 Å². The Morgan fingerprint density at radius 3 is 1.96 bits per heavy atom. The van der Waals surface area contributed by atoms with Crippen LogP contribution in [0.15, 0.2) is 173 Å². The number of fused-ring (bicyclic) bond motifs is 13. The Labute approximate surface area is 301 Å². The molecule has 3 nitrogen and oxygen atoms in total. The van der Waals surface area contributed by atoms with E-state index in [1.165, 1.54) is 44.2 Å². The van der Waals surface area contributed by atoms with E-state index in [4.69, 9.17) is 8.83 Å². The Morgan fingerprint density at radius 2 is 1.12 bits per heavy atom. The minimum atomic E-state index is -0.243. The average Bonchev–Trinajstić information content (AvgIpc) is 3.84. The van der Waals surface area contributed by atoms with Crippen LogP contribution >= 0.6 is 0 Å². The lowest BCUT2D eigenvalue weighted by molar-refractivity contribution is 0.659. The van der Waals surface area contributed by atoms with Gasteiger partial charge in [0.05, 0.1) is 11.1 Å². The van der Waals surface area contributed by atoms with Gasteiger partial charge in [0.25, 0.3) is 0 Å². The van der Waals surface area contributed by atoms with Crippen molar-refractivity contribution in [1.82, 2.24) is 0 Å². The molecular formula is C49H33NO2. The highest BCUT2D eigenvalue weighted by molar-refractivity contribution is 6.26. The van der Waals surface area contributed by atoms with Crippen molar-refractivity contribution in [2.24, 2.45) is 0 Å². The zero-order chi connectivity index (χ0) is 34.6. The molecule has 1 aliphatic carbocycles. The molecular weight excluding hydrogens is 635 g/mol. The first kappa shape index (κ1) is 29.2. The average molecular weight is 668 g/mol. The van der Waals surface area contributed by atoms with Crippen LogP contribution in [0.5, 0.6) is 0 Å². The van der Waals surface area contributed by atoms with E-state index in [9.17, 15) is 0 Å². The highest BCUT2D eigenvalue weighted by Gasteiger charge is 2.40. The second-order valence-electron chi connectivity index (χ2n) is 14.4. The van der Waals surface area contributed by atoms with E-state index >= 15 is 0 Å². The van der Waals surface area contributed by atoms with Gasteiger partial charge < -0.3 is 13.7 Å². The molecule has 0 unspecified atom stereocenters. The highest BCUT2D eigenvalue weighted by atomic mass is 16.3. The fourth-order valence-corrected chi connectivity index (χ4v) is 8.90. The van der Waals surface area contributed by atoms with Crippen LogP contribution in [0.25, 0.3) is 76.9 Å². The van der Waals surface area contributed by atoms with Gasteiger partial charge in [-0.05, 0) is 81.2 Å². The lowest BCUT2D eigenvalue weighted by Crippen LogP contribution is -2.15. The van der Waals surface area contributed by atoms with Gasteiger partial charge in [-0.3, -0.25) is 0 Å². The fraction of sp³-hybridized carbons (Fsp3) is 0.0612. The van der Waals surface area contributed by atoms with Crippen LogP contribution in [-0.2, 0) is 5.41 Å². The van der Waals surface area contributed by atoms with Crippen molar-refractivity contribution < 1.29 is 8.83 Å². The summed E-state index contributed by atoms with van der Waals surface area (Å²) in [7, 11) is 0. The van der Waals surface area contributed by atoms with E-state index in [1.807, 2.05) is 12.1 Å². The molecule has 0 atom stereocenters. The van der Waals surface area contributed by atoms with Gasteiger partial charge in [0.1, 0.15) is 22.3 Å². The van der Waals surface area contributed by atoms with Crippen LogP contribution < -0.4 is 4.90 Å². The lowest BCUT2D eigenvalue weighted by Gasteiger charge is -2.27. The molecule has 52 heavy (non-hydrogen) atoms. The molecule has 0 saturated carbocycles. The van der Waals surface area contributed by atoms with E-state index in [0.29, 0.717) is 0 Å². The van der Waals surface area contributed by atoms with Crippen LogP contribution in [0.4, 0.5) is 17.1 Å². The number of nitrogens with zero attached hydrogens (tertiary/aromatic N) is 1. The van der Waals surface area contributed by atoms with Gasteiger partial charge in [0.2, 0.25) is 0 Å². The minimum absolute atomic E-state index is 0.243. The number of rotatable bonds is 4. The van der Waals surface area contributed by atoms with Gasteiger partial charge in [-0.1, -0.05) is 129 Å². The summed E-state index contributed by atoms with van der Waals surface area (Å²) >= 11 is 0. The van der Waals surface area contributed by atoms with Gasteiger partial charge in [0, 0.05) is 44.4 Å². The minimum Gasteiger partial charge on any atom is -0.456 e. The second-order valence-corrected chi connectivity index (χ2v) is 14.4. The SMILES string of the molecule is CC1(C)c2ccccc2-c2c1c1c(oc3cccc(N(c4ccc(-c5ccccc5)cc4)c4ccc5c(c4)oc4ccccc45)c31)c1ccccc21. The topological polar surface area (TPSA) is 29.5 Å². The van der Waals surface area contributed by atoms with Crippen LogP contribution in [0.1, 0.15) is 25.0 Å². The maximum Gasteiger partial charge on any atom is 0.143 e. The molecule has 0 saturated heterocycles. The first-order valence-electron chi connectivity index (χ1n) is 17.9. The molecule has 0 spiro atoms. The number of anilines is 3. The summed E-state index contributed by atoms with van der Waals surface area (Å²) in [6, 6.07) is 58.4. The Bertz CT molecular complexity index is 3040. The molecule has 246 valence electrons. The third-order valence-corrected chi connectivity index (χ3v) is 11.2. The van der Waals surface area contributed by atoms with Crippen molar-refractivity contribution in [1.29, 1.82) is 0 Å². The predicted molar refractivity (Wildman–Crippen MR) is 216 cm³/mol. The summed E-state index contributed by atoms with van der Waals surface area (Å²) in [6.07, 6.45) is 0. The number of hydrogen-bond donors (Lipinski definition) is 0. The Morgan fingerprint density at radius 1 is 0.462 bits per heavy atom. The molecule has 10 aromatic rings. The summed E-state index contributed by atoms with van der Waals surface area (Å²) in [6.45, 7) is 4.73. The largest absolute Gasteiger partial charge is 0.456 e. The van der Waals surface area contributed by atoms with Crippen LogP contribution in [0, 0.1) is 0 Å². The van der Waals surface area contributed by atoms with Gasteiger partial charge in [-0.2, -0.15) is 0 Å². The van der Waals surface area contributed by atoms with E-state index < -0.39 is 0 Å². The molecule has 0 aliphatic heterocycles. The molecule has 2 aromatic heterocycles. The van der Waals surface area contributed by atoms with Crippen LogP contribution in [0.2, 0.25) is 0 Å². The summed E-state index contributed by atoms with van der Waals surface area (Å²) in [4.78, 5) is 2.37. The summed E-state index contributed by atoms with van der Waals surface area (Å²) in [5.41, 5.74) is 14.1. The smallest absolute Gasteiger partial charge is 0.143 e. The van der Waals surface area contributed by atoms with Gasteiger partial charge in [-0.15, -0.1) is 0 Å². The van der Waals surface area contributed by atoms with Gasteiger partial charge in [0.15, 0.2) is 0 Å². The zero-order valence-electron chi connectivity index (χ0n) is 28.9. The number of hydrogen-bond acceptors (Lipinski definition) is 3. The Hall–Kier alpha value is -6.58. The Kier molecular flexibility index (Phi) is 6.01. The molecule has 1 aliphatic rings. The fourth-order valence-electron chi connectivity index (χ4n) is 8.90. The third kappa shape index (κ3) is 4.02. The van der Waals surface area contributed by atoms with E-state index in [-0.39, 0.29) is 5.41 Å². The van der Waals surface area contributed by atoms with Crippen molar-refractivity contribution >= 4 is 71.7 Å². The molecule has 3 heteroatoms. The Balaban J connectivity index is 1.23. The second kappa shape index (κ2) is 10.7. The molecule has 0 amide bonds. The monoisotopic (exact) mass is 667 g/mol. The molecule has 0 bridgehead atoms. The van der Waals surface area contributed by atoms with E-state index in [2.05, 4.69) is 170 Å². The lowest BCUT2D eigenvalue weighted by atomic mass is 9.79. The first-order valence-corrected chi connectivity index (χ1v) is 17.9. The van der Waals surface area contributed by atoms with E-state index in [1.54, 1.807) is 0 Å². The first-order chi connectivity index (χ1) is 25.6. The normalized spacial score (nSPS) is 13.3. The molecule has 8 aromatic carbocycles. The van der Waals surface area contributed by atoms with Crippen molar-refractivity contribution in [3.63, 3.8) is 0 Å². The summed E-state index contributed by atoms with van der Waals surface area (Å²) in [5.74, 6) is 0. The number of para-hydroxylation sites is 1. The van der Waals surface area contributed by atoms with Crippen molar-refractivity contribution in [2.75, 3.05) is 4.90 Å². The summed E-state index contributed by atoms with van der Waals surface area (Å²) in [5, 5.41) is 6.87. The highest BCUT2D eigenvalue weighted by Crippen LogP contribution is 2.57. The molecule has 11 rings (SSSR count). The number of benzene rings is 8. The quantitative estimate of drug-likeness (QED) is 0.187. The summed E-state index contributed by atoms with van der Waals surface area (Å²) < 4.78 is 13.4. The predicted octanol–water partition coefficient (Wildman–Crippen LogP) is 14.1. The van der Waals surface area contributed by atoms with Crippen molar-refractivity contribution in [2.45, 2.75) is 19.3 Å². The molecule has 0 radical (unpaired) electrons. The maximum absolute atomic E-state index is 6.99. The van der Waals surface area contributed by atoms with E-state index in [0.717, 1.165) is 60.9 Å². The third-order valence-electron chi connectivity index (χ3n) is 11.2. The van der Waals surface area contributed by atoms with Gasteiger partial charge >= 0.3 is 0 Å². The standard InChI is InChI=1S/C49H33NO2/c1-49(2)39-19-10-8-18-38(39)44-36-16-6-7-17-37(36)48-46(47(44)49)45-40(20-12-22-42(45)52-48)50(32-25-23-31(24-26-32)30-13-4-3-5-14-30)33-27-28-35-34-15-9-11-21-41(34)51-43(35)29-33/h3-29H,1-2H3. The molecule has 0 fully saturated rings. The maximum atomic E-state index is 6.99. The molecule has 2 heterocycles.